The number of rotatable bonds is 8. The first-order chi connectivity index (χ1) is 13.9. The predicted molar refractivity (Wildman–Crippen MR) is 108 cm³/mol. The van der Waals surface area contributed by atoms with Crippen molar-refractivity contribution in [1.82, 2.24) is 9.62 Å². The van der Waals surface area contributed by atoms with Crippen molar-refractivity contribution in [2.45, 2.75) is 17.7 Å². The molecule has 2 N–H and O–H groups in total. The molecule has 0 aromatic heterocycles. The van der Waals surface area contributed by atoms with E-state index in [1.165, 1.54) is 30.8 Å². The highest BCUT2D eigenvalue weighted by Crippen LogP contribution is 2.30. The number of likely N-dealkylation sites (N-methyl/N-ethyl adjacent to an activating group) is 1. The van der Waals surface area contributed by atoms with Gasteiger partial charge in [0.15, 0.2) is 6.61 Å². The summed E-state index contributed by atoms with van der Waals surface area (Å²) in [4.78, 5) is 23.5. The first-order valence-corrected chi connectivity index (χ1v) is 10.6. The molecule has 0 spiro atoms. The Bertz CT molecular complexity index is 992. The van der Waals surface area contributed by atoms with Crippen LogP contribution in [0.2, 0.25) is 0 Å². The van der Waals surface area contributed by atoms with Gasteiger partial charge in [-0.15, -0.1) is 0 Å². The summed E-state index contributed by atoms with van der Waals surface area (Å²) in [6.45, 7) is 0.0564. The van der Waals surface area contributed by atoms with Crippen LogP contribution in [0.1, 0.15) is 12.0 Å². The number of fused-ring (bicyclic) bond motifs is 1. The van der Waals surface area contributed by atoms with E-state index < -0.39 is 10.0 Å². The lowest BCUT2D eigenvalue weighted by Crippen LogP contribution is -2.38. The van der Waals surface area contributed by atoms with Crippen molar-refractivity contribution in [2.24, 2.45) is 0 Å². The molecule has 2 aromatic rings. The molecular formula is C20H23N3O5S. The molecule has 0 saturated heterocycles. The Morgan fingerprint density at radius 1 is 1.21 bits per heavy atom. The molecule has 0 bridgehead atoms. The van der Waals surface area contributed by atoms with Gasteiger partial charge in [-0.3, -0.25) is 9.59 Å². The molecule has 3 rings (SSSR count). The fourth-order valence-corrected chi connectivity index (χ4v) is 4.06. The first kappa shape index (κ1) is 20.8. The summed E-state index contributed by atoms with van der Waals surface area (Å²) in [5.74, 6) is -0.323. The van der Waals surface area contributed by atoms with Crippen LogP contribution in [-0.4, -0.2) is 51.3 Å². The number of nitrogens with one attached hydrogen (secondary N) is 2. The molecule has 1 aliphatic heterocycles. The van der Waals surface area contributed by atoms with E-state index in [-0.39, 0.29) is 29.9 Å². The molecule has 0 unspecified atom stereocenters. The lowest BCUT2D eigenvalue weighted by molar-refractivity contribution is -0.121. The Hall–Kier alpha value is -2.91. The smallest absolute Gasteiger partial charge is 0.262 e. The fourth-order valence-electron chi connectivity index (χ4n) is 2.91. The number of carbonyl (C=O) groups excluding carboxylic acids is 2. The third-order valence-corrected chi connectivity index (χ3v) is 6.26. The van der Waals surface area contributed by atoms with Crippen LogP contribution in [0.25, 0.3) is 0 Å². The van der Waals surface area contributed by atoms with Gasteiger partial charge in [0.05, 0.1) is 17.1 Å². The highest BCUT2D eigenvalue weighted by Gasteiger charge is 2.25. The first-order valence-electron chi connectivity index (χ1n) is 9.20. The Morgan fingerprint density at radius 3 is 2.72 bits per heavy atom. The largest absolute Gasteiger partial charge is 0.482 e. The molecule has 0 aliphatic carbocycles. The Kier molecular flexibility index (Phi) is 6.50. The van der Waals surface area contributed by atoms with Crippen molar-refractivity contribution < 1.29 is 22.7 Å². The Morgan fingerprint density at radius 2 is 1.97 bits per heavy atom. The minimum atomic E-state index is -3.89. The zero-order valence-corrected chi connectivity index (χ0v) is 16.9. The third-order valence-electron chi connectivity index (χ3n) is 4.47. The van der Waals surface area contributed by atoms with E-state index in [1.807, 2.05) is 30.3 Å². The van der Waals surface area contributed by atoms with Crippen LogP contribution >= 0.6 is 0 Å². The van der Waals surface area contributed by atoms with Gasteiger partial charge < -0.3 is 15.4 Å². The van der Waals surface area contributed by atoms with Gasteiger partial charge in [0, 0.05) is 13.6 Å². The lowest BCUT2D eigenvalue weighted by Gasteiger charge is -2.21. The maximum atomic E-state index is 12.7. The number of benzene rings is 2. The van der Waals surface area contributed by atoms with Gasteiger partial charge >= 0.3 is 0 Å². The molecule has 2 aromatic carbocycles. The van der Waals surface area contributed by atoms with Crippen molar-refractivity contribution in [3.8, 4) is 5.75 Å². The summed E-state index contributed by atoms with van der Waals surface area (Å²) in [5, 5.41) is 5.31. The quantitative estimate of drug-likeness (QED) is 0.632. The average Bonchev–Trinajstić information content (AvgIpc) is 2.71. The number of amides is 2. The van der Waals surface area contributed by atoms with Crippen LogP contribution in [-0.2, 0) is 26.0 Å². The van der Waals surface area contributed by atoms with E-state index in [2.05, 4.69) is 10.6 Å². The van der Waals surface area contributed by atoms with Crippen LogP contribution < -0.4 is 15.4 Å². The molecule has 1 aliphatic rings. The number of ether oxygens (including phenoxy) is 1. The molecule has 154 valence electrons. The zero-order chi connectivity index (χ0) is 20.9. The average molecular weight is 417 g/mol. The van der Waals surface area contributed by atoms with Crippen LogP contribution in [0, 0.1) is 0 Å². The Balaban J connectivity index is 1.53. The van der Waals surface area contributed by atoms with Crippen LogP contribution in [0.5, 0.6) is 5.75 Å². The van der Waals surface area contributed by atoms with Crippen molar-refractivity contribution >= 4 is 27.5 Å². The SMILES string of the molecule is CN(CC(=O)NCCCc1ccccc1)S(=O)(=O)c1ccc2c(c1)NC(=O)CO2. The number of carbonyl (C=O) groups is 2. The highest BCUT2D eigenvalue weighted by atomic mass is 32.2. The zero-order valence-electron chi connectivity index (χ0n) is 16.1. The third kappa shape index (κ3) is 5.33. The molecule has 9 heteroatoms. The highest BCUT2D eigenvalue weighted by molar-refractivity contribution is 7.89. The van der Waals surface area contributed by atoms with Crippen LogP contribution in [0.15, 0.2) is 53.4 Å². The second-order valence-corrected chi connectivity index (χ2v) is 8.74. The van der Waals surface area contributed by atoms with Gasteiger partial charge in [-0.1, -0.05) is 30.3 Å². The summed E-state index contributed by atoms with van der Waals surface area (Å²) in [6, 6.07) is 14.1. The van der Waals surface area contributed by atoms with Gasteiger partial charge in [0.25, 0.3) is 5.91 Å². The molecule has 8 nitrogen and oxygen atoms in total. The summed E-state index contributed by atoms with van der Waals surface area (Å²) in [7, 11) is -2.55. The standard InChI is InChI=1S/C20H23N3O5S/c1-23(13-19(24)21-11-5-8-15-6-3-2-4-7-15)29(26,27)16-9-10-18-17(12-16)22-20(25)14-28-18/h2-4,6-7,9-10,12H,5,8,11,13-14H2,1H3,(H,21,24)(H,22,25). The van der Waals surface area contributed by atoms with E-state index >= 15 is 0 Å². The summed E-state index contributed by atoms with van der Waals surface area (Å²) in [6.07, 6.45) is 1.59. The molecule has 29 heavy (non-hydrogen) atoms. The predicted octanol–water partition coefficient (Wildman–Crippen LogP) is 1.39. The van der Waals surface area contributed by atoms with E-state index in [9.17, 15) is 18.0 Å². The molecule has 1 heterocycles. The maximum Gasteiger partial charge on any atom is 0.262 e. The number of aryl methyl sites for hydroxylation is 1. The summed E-state index contributed by atoms with van der Waals surface area (Å²) >= 11 is 0. The van der Waals surface area contributed by atoms with Gasteiger partial charge in [0.2, 0.25) is 15.9 Å². The number of sulfonamides is 1. The van der Waals surface area contributed by atoms with E-state index in [0.717, 1.165) is 17.1 Å². The number of nitrogens with zero attached hydrogens (tertiary/aromatic N) is 1. The molecular weight excluding hydrogens is 394 g/mol. The minimum Gasteiger partial charge on any atom is -0.482 e. The monoisotopic (exact) mass is 417 g/mol. The number of hydrogen-bond donors (Lipinski definition) is 2. The summed E-state index contributed by atoms with van der Waals surface area (Å²) in [5.41, 5.74) is 1.48. The second-order valence-electron chi connectivity index (χ2n) is 6.70. The van der Waals surface area contributed by atoms with Crippen molar-refractivity contribution in [3.63, 3.8) is 0 Å². The molecule has 0 saturated carbocycles. The van der Waals surface area contributed by atoms with Crippen LogP contribution in [0.4, 0.5) is 5.69 Å². The maximum absolute atomic E-state index is 12.7. The lowest BCUT2D eigenvalue weighted by atomic mass is 10.1. The van der Waals surface area contributed by atoms with E-state index in [1.54, 1.807) is 0 Å². The topological polar surface area (TPSA) is 105 Å². The number of anilines is 1. The van der Waals surface area contributed by atoms with Gasteiger partial charge in [-0.2, -0.15) is 4.31 Å². The van der Waals surface area contributed by atoms with Gasteiger partial charge in [0.1, 0.15) is 5.75 Å². The second kappa shape index (κ2) is 9.06. The van der Waals surface area contributed by atoms with Gasteiger partial charge in [-0.05, 0) is 36.6 Å². The molecule has 0 fully saturated rings. The normalized spacial score (nSPS) is 13.4. The Labute approximate surface area is 169 Å². The minimum absolute atomic E-state index is 0.0265. The number of hydrogen-bond acceptors (Lipinski definition) is 5. The van der Waals surface area contributed by atoms with Crippen molar-refractivity contribution in [3.05, 3.63) is 54.1 Å². The van der Waals surface area contributed by atoms with Gasteiger partial charge in [-0.25, -0.2) is 8.42 Å². The van der Waals surface area contributed by atoms with E-state index in [0.29, 0.717) is 18.0 Å². The molecule has 2 amide bonds. The molecule has 0 radical (unpaired) electrons. The summed E-state index contributed by atoms with van der Waals surface area (Å²) < 4.78 is 31.7. The van der Waals surface area contributed by atoms with Crippen molar-refractivity contribution in [1.29, 1.82) is 0 Å². The molecule has 0 atom stereocenters. The van der Waals surface area contributed by atoms with Crippen LogP contribution in [0.3, 0.4) is 0 Å². The van der Waals surface area contributed by atoms with Crippen molar-refractivity contribution in [2.75, 3.05) is 32.1 Å². The fraction of sp³-hybridized carbons (Fsp3) is 0.300. The van der Waals surface area contributed by atoms with E-state index in [4.69, 9.17) is 4.74 Å².